The van der Waals surface area contributed by atoms with Crippen LogP contribution in [0.2, 0.25) is 0 Å². The van der Waals surface area contributed by atoms with Gasteiger partial charge in [-0.15, -0.1) is 0 Å². The fourth-order valence-corrected chi connectivity index (χ4v) is 1.60. The molecule has 5 nitrogen and oxygen atoms in total. The monoisotopic (exact) mass is 185 g/mol. The molecule has 1 rings (SSSR count). The summed E-state index contributed by atoms with van der Waals surface area (Å²) in [4.78, 5) is 2.06. The van der Waals surface area contributed by atoms with E-state index in [1.54, 1.807) is 0 Å². The zero-order valence-corrected chi connectivity index (χ0v) is 8.30. The van der Waals surface area contributed by atoms with Gasteiger partial charge < -0.3 is 27.4 Å². The molecule has 0 aliphatic carbocycles. The van der Waals surface area contributed by atoms with Gasteiger partial charge in [0, 0.05) is 38.1 Å². The lowest BCUT2D eigenvalue weighted by molar-refractivity contribution is 0.190. The van der Waals surface area contributed by atoms with Crippen LogP contribution in [0.1, 0.15) is 6.92 Å². The Hall–Kier alpha value is -0.780. The second-order valence-electron chi connectivity index (χ2n) is 3.50. The van der Waals surface area contributed by atoms with Crippen LogP contribution in [0.4, 0.5) is 0 Å². The van der Waals surface area contributed by atoms with E-state index in [0.29, 0.717) is 19.6 Å². The quantitative estimate of drug-likeness (QED) is 0.422. The second-order valence-corrected chi connectivity index (χ2v) is 3.50. The molecule has 1 aliphatic rings. The average Bonchev–Trinajstić information content (AvgIpc) is 2.40. The lowest BCUT2D eigenvalue weighted by Crippen LogP contribution is -2.54. The van der Waals surface area contributed by atoms with Gasteiger partial charge in [-0.1, -0.05) is 0 Å². The molecule has 0 radical (unpaired) electrons. The van der Waals surface area contributed by atoms with Crippen molar-refractivity contribution in [2.75, 3.05) is 26.7 Å². The van der Waals surface area contributed by atoms with Crippen molar-refractivity contribution in [3.8, 4) is 0 Å². The summed E-state index contributed by atoms with van der Waals surface area (Å²) in [6, 6.07) is 0. The van der Waals surface area contributed by atoms with Crippen LogP contribution in [0.3, 0.4) is 0 Å². The van der Waals surface area contributed by atoms with Gasteiger partial charge in [0.1, 0.15) is 5.66 Å². The van der Waals surface area contributed by atoms with Gasteiger partial charge in [0.25, 0.3) is 0 Å². The number of likely N-dealkylation sites (N-methyl/N-ethyl adjacent to an activating group) is 1. The molecule has 1 atom stereocenters. The first-order valence-electron chi connectivity index (χ1n) is 4.43. The van der Waals surface area contributed by atoms with Gasteiger partial charge in [0.15, 0.2) is 0 Å². The summed E-state index contributed by atoms with van der Waals surface area (Å²) < 4.78 is 0. The van der Waals surface area contributed by atoms with Crippen LogP contribution in [0.15, 0.2) is 11.4 Å². The van der Waals surface area contributed by atoms with E-state index in [0.717, 1.165) is 11.4 Å². The van der Waals surface area contributed by atoms with E-state index in [1.807, 2.05) is 14.0 Å². The lowest BCUT2D eigenvalue weighted by Gasteiger charge is -2.34. The fourth-order valence-electron chi connectivity index (χ4n) is 1.60. The Balaban J connectivity index is 2.90. The van der Waals surface area contributed by atoms with E-state index < -0.39 is 0 Å². The van der Waals surface area contributed by atoms with Crippen molar-refractivity contribution in [1.82, 2.24) is 10.2 Å². The largest absolute Gasteiger partial charge is 0.363 e. The number of nitrogens with two attached hydrogens (primary N) is 3. The number of rotatable bonds is 3. The highest BCUT2D eigenvalue weighted by Crippen LogP contribution is 2.24. The summed E-state index contributed by atoms with van der Waals surface area (Å²) in [7, 11) is 1.98. The van der Waals surface area contributed by atoms with Gasteiger partial charge >= 0.3 is 0 Å². The molecule has 1 unspecified atom stereocenters. The predicted molar refractivity (Wildman–Crippen MR) is 53.5 cm³/mol. The van der Waals surface area contributed by atoms with Gasteiger partial charge in [0.05, 0.1) is 0 Å². The Morgan fingerprint density at radius 3 is 2.23 bits per heavy atom. The van der Waals surface area contributed by atoms with Crippen LogP contribution in [0, 0.1) is 0 Å². The molecule has 0 fully saturated rings. The Kier molecular flexibility index (Phi) is 2.80. The third-order valence-electron chi connectivity index (χ3n) is 2.71. The zero-order valence-electron chi connectivity index (χ0n) is 8.30. The number of hydrogen-bond acceptors (Lipinski definition) is 5. The second kappa shape index (κ2) is 3.53. The van der Waals surface area contributed by atoms with Gasteiger partial charge in [-0.3, -0.25) is 0 Å². The number of nitrogens with one attached hydrogen (secondary N) is 1. The van der Waals surface area contributed by atoms with Crippen LogP contribution in [0.5, 0.6) is 0 Å². The summed E-state index contributed by atoms with van der Waals surface area (Å²) in [5.74, 6) is 0. The van der Waals surface area contributed by atoms with Crippen molar-refractivity contribution in [3.63, 3.8) is 0 Å². The van der Waals surface area contributed by atoms with Gasteiger partial charge in [-0.05, 0) is 6.92 Å². The molecule has 0 aromatic carbocycles. The van der Waals surface area contributed by atoms with Crippen molar-refractivity contribution in [3.05, 3.63) is 11.4 Å². The van der Waals surface area contributed by atoms with E-state index in [1.165, 1.54) is 0 Å². The van der Waals surface area contributed by atoms with Crippen molar-refractivity contribution >= 4 is 0 Å². The highest BCUT2D eigenvalue weighted by atomic mass is 15.4. The van der Waals surface area contributed by atoms with Gasteiger partial charge in [0.2, 0.25) is 0 Å². The molecular weight excluding hydrogens is 166 g/mol. The van der Waals surface area contributed by atoms with Gasteiger partial charge in [-0.2, -0.15) is 0 Å². The Bertz CT molecular complexity index is 225. The molecule has 0 spiro atoms. The predicted octanol–water partition coefficient (Wildman–Crippen LogP) is -1.67. The number of hydrogen-bond donors (Lipinski definition) is 4. The van der Waals surface area contributed by atoms with E-state index >= 15 is 0 Å². The van der Waals surface area contributed by atoms with E-state index in [2.05, 4.69) is 10.2 Å². The smallest absolute Gasteiger partial charge is 0.119 e. The maximum atomic E-state index is 5.68. The summed E-state index contributed by atoms with van der Waals surface area (Å²) in [6.07, 6.45) is 0. The molecule has 0 aromatic rings. The third-order valence-corrected chi connectivity index (χ3v) is 2.71. The highest BCUT2D eigenvalue weighted by molar-refractivity contribution is 5.24. The Morgan fingerprint density at radius 1 is 1.31 bits per heavy atom. The van der Waals surface area contributed by atoms with Crippen LogP contribution in [-0.4, -0.2) is 37.2 Å². The molecule has 0 aromatic heterocycles. The molecule has 0 saturated carbocycles. The minimum atomic E-state index is -0.233. The first kappa shape index (κ1) is 10.3. The van der Waals surface area contributed by atoms with E-state index in [-0.39, 0.29) is 5.66 Å². The molecule has 7 N–H and O–H groups in total. The minimum absolute atomic E-state index is 0.233. The summed E-state index contributed by atoms with van der Waals surface area (Å²) in [5, 5.41) is 3.29. The van der Waals surface area contributed by atoms with Crippen molar-refractivity contribution in [2.45, 2.75) is 12.6 Å². The fraction of sp³-hybridized carbons (Fsp3) is 0.750. The molecule has 5 heteroatoms. The summed E-state index contributed by atoms with van der Waals surface area (Å²) >= 11 is 0. The SMILES string of the molecule is CN1C(CN)=C(CN)NC1(C)CN. The first-order valence-corrected chi connectivity index (χ1v) is 4.43. The zero-order chi connectivity index (χ0) is 10.1. The van der Waals surface area contributed by atoms with Crippen LogP contribution < -0.4 is 22.5 Å². The standard InChI is InChI=1S/C8H19N5/c1-8(5-11)12-6(3-9)7(4-10)13(8)2/h12H,3-5,9-11H2,1-2H3. The van der Waals surface area contributed by atoms with E-state index in [9.17, 15) is 0 Å². The molecule has 1 heterocycles. The summed E-state index contributed by atoms with van der Waals surface area (Å²) in [5.41, 5.74) is 18.7. The van der Waals surface area contributed by atoms with Crippen LogP contribution >= 0.6 is 0 Å². The van der Waals surface area contributed by atoms with E-state index in [4.69, 9.17) is 17.2 Å². The van der Waals surface area contributed by atoms with Gasteiger partial charge in [-0.25, -0.2) is 0 Å². The normalized spacial score (nSPS) is 28.2. The maximum absolute atomic E-state index is 5.68. The molecule has 1 aliphatic heterocycles. The highest BCUT2D eigenvalue weighted by Gasteiger charge is 2.36. The molecular formula is C8H19N5. The van der Waals surface area contributed by atoms with Crippen molar-refractivity contribution in [1.29, 1.82) is 0 Å². The molecule has 0 saturated heterocycles. The minimum Gasteiger partial charge on any atom is -0.363 e. The topological polar surface area (TPSA) is 93.3 Å². The van der Waals surface area contributed by atoms with Crippen LogP contribution in [-0.2, 0) is 0 Å². The first-order chi connectivity index (χ1) is 6.09. The molecule has 76 valence electrons. The molecule has 13 heavy (non-hydrogen) atoms. The summed E-state index contributed by atoms with van der Waals surface area (Å²) in [6.45, 7) is 3.53. The third kappa shape index (κ3) is 1.50. The van der Waals surface area contributed by atoms with Crippen molar-refractivity contribution < 1.29 is 0 Å². The number of nitrogens with zero attached hydrogens (tertiary/aromatic N) is 1. The van der Waals surface area contributed by atoms with Crippen LogP contribution in [0.25, 0.3) is 0 Å². The van der Waals surface area contributed by atoms with Crippen molar-refractivity contribution in [2.24, 2.45) is 17.2 Å². The molecule has 0 bridgehead atoms. The molecule has 0 amide bonds. The Morgan fingerprint density at radius 2 is 1.92 bits per heavy atom. The lowest BCUT2D eigenvalue weighted by atomic mass is 10.2. The Labute approximate surface area is 78.9 Å². The average molecular weight is 185 g/mol. The maximum Gasteiger partial charge on any atom is 0.119 e.